The average molecular weight is 308 g/mol. The SMILES string of the molecule is Cc1cc(C(=O)NC(C)C(=O)NC(C)C)sc1C#CCO. The van der Waals surface area contributed by atoms with Crippen LogP contribution in [-0.2, 0) is 4.79 Å². The van der Waals surface area contributed by atoms with E-state index in [1.807, 2.05) is 20.8 Å². The van der Waals surface area contributed by atoms with Crippen molar-refractivity contribution in [2.75, 3.05) is 6.61 Å². The van der Waals surface area contributed by atoms with E-state index in [4.69, 9.17) is 5.11 Å². The summed E-state index contributed by atoms with van der Waals surface area (Å²) in [5.74, 6) is 4.84. The second kappa shape index (κ2) is 7.81. The molecule has 1 aromatic rings. The molecule has 0 saturated heterocycles. The number of aliphatic hydroxyl groups is 1. The van der Waals surface area contributed by atoms with Gasteiger partial charge in [0.05, 0.1) is 9.75 Å². The topological polar surface area (TPSA) is 78.4 Å². The molecule has 0 radical (unpaired) electrons. The number of carbonyl (C=O) groups is 2. The minimum Gasteiger partial charge on any atom is -0.384 e. The highest BCUT2D eigenvalue weighted by molar-refractivity contribution is 7.14. The summed E-state index contributed by atoms with van der Waals surface area (Å²) in [5, 5.41) is 14.1. The molecule has 0 aromatic carbocycles. The Morgan fingerprint density at radius 2 is 2.00 bits per heavy atom. The molecule has 1 heterocycles. The number of hydrogen-bond donors (Lipinski definition) is 3. The van der Waals surface area contributed by atoms with E-state index in [1.165, 1.54) is 11.3 Å². The zero-order valence-corrected chi connectivity index (χ0v) is 13.4. The van der Waals surface area contributed by atoms with Crippen LogP contribution in [0.15, 0.2) is 6.07 Å². The maximum absolute atomic E-state index is 12.1. The van der Waals surface area contributed by atoms with Crippen LogP contribution in [0.3, 0.4) is 0 Å². The largest absolute Gasteiger partial charge is 0.384 e. The second-order valence-corrected chi connectivity index (χ2v) is 5.99. The molecule has 0 aliphatic heterocycles. The Hall–Kier alpha value is -1.84. The lowest BCUT2D eigenvalue weighted by atomic mass is 10.2. The van der Waals surface area contributed by atoms with Gasteiger partial charge in [0.15, 0.2) is 0 Å². The van der Waals surface area contributed by atoms with Crippen molar-refractivity contribution < 1.29 is 14.7 Å². The second-order valence-electron chi connectivity index (χ2n) is 4.94. The zero-order valence-electron chi connectivity index (χ0n) is 12.6. The van der Waals surface area contributed by atoms with Crippen LogP contribution in [0.2, 0.25) is 0 Å². The van der Waals surface area contributed by atoms with Gasteiger partial charge in [-0.05, 0) is 39.3 Å². The van der Waals surface area contributed by atoms with Crippen molar-refractivity contribution >= 4 is 23.2 Å². The van der Waals surface area contributed by atoms with Crippen LogP contribution in [0.5, 0.6) is 0 Å². The number of aryl methyl sites for hydroxylation is 1. The number of carbonyl (C=O) groups excluding carboxylic acids is 2. The summed E-state index contributed by atoms with van der Waals surface area (Å²) in [5.41, 5.74) is 0.880. The molecule has 0 aliphatic carbocycles. The molecule has 0 bridgehead atoms. The molecule has 1 rings (SSSR count). The number of rotatable bonds is 4. The van der Waals surface area contributed by atoms with E-state index in [-0.39, 0.29) is 24.5 Å². The summed E-state index contributed by atoms with van der Waals surface area (Å²) >= 11 is 1.25. The Labute approximate surface area is 128 Å². The van der Waals surface area contributed by atoms with Crippen LogP contribution in [-0.4, -0.2) is 35.6 Å². The molecule has 0 fully saturated rings. The van der Waals surface area contributed by atoms with Crippen molar-refractivity contribution in [1.82, 2.24) is 10.6 Å². The standard InChI is InChI=1S/C15H20N2O3S/c1-9(2)16-14(19)11(4)17-15(20)13-8-10(3)12(21-13)6-5-7-18/h8-9,11,18H,7H2,1-4H3,(H,16,19)(H,17,20). The molecule has 6 heteroatoms. The minimum atomic E-state index is -0.603. The van der Waals surface area contributed by atoms with Crippen LogP contribution in [0.1, 0.15) is 40.9 Å². The molecule has 1 aromatic heterocycles. The van der Waals surface area contributed by atoms with Crippen LogP contribution in [0, 0.1) is 18.8 Å². The van der Waals surface area contributed by atoms with Gasteiger partial charge in [-0.3, -0.25) is 9.59 Å². The third-order valence-electron chi connectivity index (χ3n) is 2.59. The fourth-order valence-electron chi connectivity index (χ4n) is 1.58. The smallest absolute Gasteiger partial charge is 0.262 e. The highest BCUT2D eigenvalue weighted by atomic mass is 32.1. The predicted molar refractivity (Wildman–Crippen MR) is 83.2 cm³/mol. The van der Waals surface area contributed by atoms with Crippen LogP contribution < -0.4 is 10.6 Å². The monoisotopic (exact) mass is 308 g/mol. The van der Waals surface area contributed by atoms with Gasteiger partial charge in [-0.2, -0.15) is 0 Å². The van der Waals surface area contributed by atoms with E-state index in [1.54, 1.807) is 13.0 Å². The Morgan fingerprint density at radius 1 is 1.33 bits per heavy atom. The normalized spacial score (nSPS) is 11.5. The maximum Gasteiger partial charge on any atom is 0.262 e. The lowest BCUT2D eigenvalue weighted by molar-refractivity contribution is -0.123. The summed E-state index contributed by atoms with van der Waals surface area (Å²) < 4.78 is 0. The van der Waals surface area contributed by atoms with Gasteiger partial charge in [0.1, 0.15) is 12.6 Å². The Kier molecular flexibility index (Phi) is 6.40. The molecular weight excluding hydrogens is 288 g/mol. The first-order valence-corrected chi connectivity index (χ1v) is 7.48. The van der Waals surface area contributed by atoms with Crippen molar-refractivity contribution in [3.63, 3.8) is 0 Å². The van der Waals surface area contributed by atoms with Crippen LogP contribution in [0.4, 0.5) is 0 Å². The van der Waals surface area contributed by atoms with Gasteiger partial charge in [-0.15, -0.1) is 11.3 Å². The number of aliphatic hydroxyl groups excluding tert-OH is 1. The fraction of sp³-hybridized carbons (Fsp3) is 0.467. The first kappa shape index (κ1) is 17.2. The van der Waals surface area contributed by atoms with Crippen LogP contribution in [0.25, 0.3) is 0 Å². The van der Waals surface area contributed by atoms with E-state index in [0.29, 0.717) is 4.88 Å². The zero-order chi connectivity index (χ0) is 16.0. The molecule has 2 amide bonds. The van der Waals surface area contributed by atoms with Gasteiger partial charge in [-0.1, -0.05) is 11.8 Å². The molecule has 1 unspecified atom stereocenters. The van der Waals surface area contributed by atoms with Gasteiger partial charge < -0.3 is 15.7 Å². The molecule has 114 valence electrons. The molecule has 0 aliphatic rings. The fourth-order valence-corrected chi connectivity index (χ4v) is 2.53. The first-order chi connectivity index (χ1) is 9.85. The van der Waals surface area contributed by atoms with Crippen molar-refractivity contribution in [1.29, 1.82) is 0 Å². The third kappa shape index (κ3) is 5.21. The summed E-state index contributed by atoms with van der Waals surface area (Å²) in [6.07, 6.45) is 0. The Bertz CT molecular complexity index is 581. The molecule has 0 spiro atoms. The van der Waals surface area contributed by atoms with Crippen LogP contribution >= 0.6 is 11.3 Å². The maximum atomic E-state index is 12.1. The van der Waals surface area contributed by atoms with Gasteiger partial charge in [0.25, 0.3) is 5.91 Å². The third-order valence-corrected chi connectivity index (χ3v) is 3.75. The molecule has 21 heavy (non-hydrogen) atoms. The summed E-state index contributed by atoms with van der Waals surface area (Å²) in [6, 6.07) is 1.16. The van der Waals surface area contributed by atoms with Gasteiger partial charge in [-0.25, -0.2) is 0 Å². The Morgan fingerprint density at radius 3 is 2.57 bits per heavy atom. The van der Waals surface area contributed by atoms with E-state index in [0.717, 1.165) is 10.4 Å². The summed E-state index contributed by atoms with van der Waals surface area (Å²) in [4.78, 5) is 25.1. The van der Waals surface area contributed by atoms with E-state index >= 15 is 0 Å². The minimum absolute atomic E-state index is 0.0289. The lowest BCUT2D eigenvalue weighted by Gasteiger charge is -2.15. The summed E-state index contributed by atoms with van der Waals surface area (Å²) in [6.45, 7) is 7.00. The number of hydrogen-bond acceptors (Lipinski definition) is 4. The number of thiophene rings is 1. The number of nitrogens with one attached hydrogen (secondary N) is 2. The molecule has 3 N–H and O–H groups in total. The van der Waals surface area contributed by atoms with E-state index < -0.39 is 6.04 Å². The van der Waals surface area contributed by atoms with Gasteiger partial charge in [0.2, 0.25) is 5.91 Å². The summed E-state index contributed by atoms with van der Waals surface area (Å²) in [7, 11) is 0. The quantitative estimate of drug-likeness (QED) is 0.727. The molecule has 5 nitrogen and oxygen atoms in total. The van der Waals surface area contributed by atoms with Crippen molar-refractivity contribution in [2.24, 2.45) is 0 Å². The van der Waals surface area contributed by atoms with E-state index in [9.17, 15) is 9.59 Å². The lowest BCUT2D eigenvalue weighted by Crippen LogP contribution is -2.46. The first-order valence-electron chi connectivity index (χ1n) is 6.66. The molecule has 0 saturated carbocycles. The van der Waals surface area contributed by atoms with Gasteiger partial charge >= 0.3 is 0 Å². The van der Waals surface area contributed by atoms with Crippen molar-refractivity contribution in [2.45, 2.75) is 39.8 Å². The van der Waals surface area contributed by atoms with Crippen molar-refractivity contribution in [3.8, 4) is 11.8 Å². The number of amides is 2. The highest BCUT2D eigenvalue weighted by Crippen LogP contribution is 2.20. The Balaban J connectivity index is 2.74. The van der Waals surface area contributed by atoms with Crippen molar-refractivity contribution in [3.05, 3.63) is 21.4 Å². The highest BCUT2D eigenvalue weighted by Gasteiger charge is 2.18. The molecular formula is C15H20N2O3S. The van der Waals surface area contributed by atoms with E-state index in [2.05, 4.69) is 22.5 Å². The van der Waals surface area contributed by atoms with Gasteiger partial charge in [0, 0.05) is 6.04 Å². The predicted octanol–water partition coefficient (Wildman–Crippen LogP) is 1.04. The average Bonchev–Trinajstić information content (AvgIpc) is 2.77. The molecule has 1 atom stereocenters.